The number of para-hydroxylation sites is 1. The van der Waals surface area contributed by atoms with Crippen LogP contribution in [0, 0.1) is 5.82 Å². The number of halogens is 1. The first-order chi connectivity index (χ1) is 12.0. The van der Waals surface area contributed by atoms with E-state index in [1.54, 1.807) is 6.07 Å². The first kappa shape index (κ1) is 17.6. The molecule has 0 saturated heterocycles. The number of ether oxygens (including phenoxy) is 1. The summed E-state index contributed by atoms with van der Waals surface area (Å²) in [6.07, 6.45) is 0.537. The highest BCUT2D eigenvalue weighted by Crippen LogP contribution is 2.25. The largest absolute Gasteiger partial charge is 0.457 e. The summed E-state index contributed by atoms with van der Waals surface area (Å²) < 4.78 is 20.4. The van der Waals surface area contributed by atoms with Crippen molar-refractivity contribution < 1.29 is 9.13 Å². The molecule has 0 N–H and O–H groups in total. The van der Waals surface area contributed by atoms with E-state index in [9.17, 15) is 4.39 Å². The van der Waals surface area contributed by atoms with Gasteiger partial charge in [-0.3, -0.25) is 0 Å². The summed E-state index contributed by atoms with van der Waals surface area (Å²) in [7, 11) is 2.67. The van der Waals surface area contributed by atoms with Crippen LogP contribution in [0.1, 0.15) is 36.5 Å². The molecule has 0 aliphatic rings. The Labute approximate surface area is 151 Å². The Morgan fingerprint density at radius 3 is 2.32 bits per heavy atom. The Hall–Kier alpha value is -2.18. The molecule has 0 fully saturated rings. The SMILES string of the molecule is CC(C)c1cc(F)c(Cc2cccc(Oc3ccccc3)c2)c(P)c1. The van der Waals surface area contributed by atoms with Crippen molar-refractivity contribution in [3.63, 3.8) is 0 Å². The fourth-order valence-electron chi connectivity index (χ4n) is 2.75. The van der Waals surface area contributed by atoms with E-state index in [0.29, 0.717) is 17.9 Å². The molecule has 0 saturated carbocycles. The molecule has 3 aromatic rings. The van der Waals surface area contributed by atoms with Crippen LogP contribution in [0.3, 0.4) is 0 Å². The summed E-state index contributed by atoms with van der Waals surface area (Å²) in [5.41, 5.74) is 2.76. The van der Waals surface area contributed by atoms with Gasteiger partial charge in [-0.2, -0.15) is 0 Å². The highest BCUT2D eigenvalue weighted by atomic mass is 31.0. The van der Waals surface area contributed by atoms with E-state index < -0.39 is 0 Å². The third-order valence-electron chi connectivity index (χ3n) is 4.18. The van der Waals surface area contributed by atoms with Gasteiger partial charge in [0.2, 0.25) is 0 Å². The van der Waals surface area contributed by atoms with Gasteiger partial charge >= 0.3 is 0 Å². The van der Waals surface area contributed by atoms with E-state index in [1.807, 2.05) is 54.6 Å². The lowest BCUT2D eigenvalue weighted by atomic mass is 9.98. The molecule has 0 amide bonds. The molecule has 0 heterocycles. The molecule has 1 nitrogen and oxygen atoms in total. The van der Waals surface area contributed by atoms with Gasteiger partial charge in [0.15, 0.2) is 0 Å². The van der Waals surface area contributed by atoms with Gasteiger partial charge < -0.3 is 4.74 Å². The molecular formula is C22H22FOP. The molecule has 3 aromatic carbocycles. The highest BCUT2D eigenvalue weighted by molar-refractivity contribution is 7.27. The van der Waals surface area contributed by atoms with Gasteiger partial charge in [-0.05, 0) is 58.2 Å². The molecule has 0 aromatic heterocycles. The van der Waals surface area contributed by atoms with E-state index >= 15 is 0 Å². The predicted molar refractivity (Wildman–Crippen MR) is 106 cm³/mol. The maximum atomic E-state index is 14.6. The number of rotatable bonds is 5. The quantitative estimate of drug-likeness (QED) is 0.525. The molecule has 0 spiro atoms. The molecule has 25 heavy (non-hydrogen) atoms. The highest BCUT2D eigenvalue weighted by Gasteiger charge is 2.11. The van der Waals surface area contributed by atoms with Gasteiger partial charge in [0.1, 0.15) is 17.3 Å². The summed E-state index contributed by atoms with van der Waals surface area (Å²) in [5, 5.41) is 0.915. The summed E-state index contributed by atoms with van der Waals surface area (Å²) in [6.45, 7) is 4.14. The standard InChI is InChI=1S/C22H22FOP/c1-15(2)17-13-21(23)20(22(25)14-17)12-16-7-6-10-19(11-16)24-18-8-4-3-5-9-18/h3-11,13-15H,12,25H2,1-2H3. The van der Waals surface area contributed by atoms with Gasteiger partial charge in [0.25, 0.3) is 0 Å². The zero-order valence-corrected chi connectivity index (χ0v) is 15.7. The van der Waals surface area contributed by atoms with Crippen LogP contribution in [-0.4, -0.2) is 0 Å². The molecule has 3 rings (SSSR count). The number of benzene rings is 3. The average molecular weight is 352 g/mol. The zero-order chi connectivity index (χ0) is 17.8. The molecule has 0 radical (unpaired) electrons. The zero-order valence-electron chi connectivity index (χ0n) is 14.5. The van der Waals surface area contributed by atoms with Crippen molar-refractivity contribution in [1.29, 1.82) is 0 Å². The summed E-state index contributed by atoms with van der Waals surface area (Å²) >= 11 is 0. The molecule has 3 heteroatoms. The van der Waals surface area contributed by atoms with E-state index in [0.717, 1.165) is 27.9 Å². The van der Waals surface area contributed by atoms with E-state index in [4.69, 9.17) is 4.74 Å². The smallest absolute Gasteiger partial charge is 0.127 e. The maximum absolute atomic E-state index is 14.6. The normalized spacial score (nSPS) is 10.9. The first-order valence-electron chi connectivity index (χ1n) is 8.42. The van der Waals surface area contributed by atoms with Crippen LogP contribution in [0.4, 0.5) is 4.39 Å². The van der Waals surface area contributed by atoms with Crippen molar-refractivity contribution in [2.75, 3.05) is 0 Å². The third kappa shape index (κ3) is 4.46. The Morgan fingerprint density at radius 1 is 0.920 bits per heavy atom. The number of hydrogen-bond acceptors (Lipinski definition) is 1. The van der Waals surface area contributed by atoms with Gasteiger partial charge in [-0.1, -0.05) is 50.2 Å². The van der Waals surface area contributed by atoms with Crippen LogP contribution < -0.4 is 10.0 Å². The Morgan fingerprint density at radius 2 is 1.64 bits per heavy atom. The summed E-state index contributed by atoms with van der Waals surface area (Å²) in [5.74, 6) is 1.71. The molecule has 128 valence electrons. The topological polar surface area (TPSA) is 9.23 Å². The third-order valence-corrected chi connectivity index (χ3v) is 4.69. The predicted octanol–water partition coefficient (Wildman–Crippen LogP) is 5.83. The van der Waals surface area contributed by atoms with Gasteiger partial charge in [0.05, 0.1) is 0 Å². The monoisotopic (exact) mass is 352 g/mol. The van der Waals surface area contributed by atoms with Gasteiger partial charge in [-0.25, -0.2) is 4.39 Å². The van der Waals surface area contributed by atoms with Crippen LogP contribution in [0.25, 0.3) is 0 Å². The van der Waals surface area contributed by atoms with E-state index in [1.165, 1.54) is 0 Å². The minimum Gasteiger partial charge on any atom is -0.457 e. The van der Waals surface area contributed by atoms with Gasteiger partial charge in [0, 0.05) is 6.42 Å². The van der Waals surface area contributed by atoms with Crippen molar-refractivity contribution in [2.45, 2.75) is 26.2 Å². The van der Waals surface area contributed by atoms with Crippen LogP contribution in [-0.2, 0) is 6.42 Å². The van der Waals surface area contributed by atoms with Crippen molar-refractivity contribution in [3.8, 4) is 11.5 Å². The van der Waals surface area contributed by atoms with Crippen LogP contribution >= 0.6 is 9.24 Å². The van der Waals surface area contributed by atoms with Gasteiger partial charge in [-0.15, -0.1) is 9.24 Å². The van der Waals surface area contributed by atoms with Crippen molar-refractivity contribution in [3.05, 3.63) is 89.2 Å². The fourth-order valence-corrected chi connectivity index (χ4v) is 3.18. The first-order valence-corrected chi connectivity index (χ1v) is 9.00. The average Bonchev–Trinajstić information content (AvgIpc) is 2.59. The Balaban J connectivity index is 1.83. The van der Waals surface area contributed by atoms with Crippen LogP contribution in [0.5, 0.6) is 11.5 Å². The Kier molecular flexibility index (Phi) is 5.50. The number of hydrogen-bond donors (Lipinski definition) is 0. The second kappa shape index (κ2) is 7.80. The molecule has 0 bridgehead atoms. The van der Waals surface area contributed by atoms with Crippen LogP contribution in [0.15, 0.2) is 66.7 Å². The minimum absolute atomic E-state index is 0.148. The maximum Gasteiger partial charge on any atom is 0.127 e. The second-order valence-electron chi connectivity index (χ2n) is 6.46. The lowest BCUT2D eigenvalue weighted by molar-refractivity contribution is 0.482. The fraction of sp³-hybridized carbons (Fsp3) is 0.182. The molecule has 0 aliphatic heterocycles. The molecule has 1 atom stereocenters. The van der Waals surface area contributed by atoms with Crippen LogP contribution in [0.2, 0.25) is 0 Å². The van der Waals surface area contributed by atoms with Crippen molar-refractivity contribution in [1.82, 2.24) is 0 Å². The lowest BCUT2D eigenvalue weighted by Gasteiger charge is -2.13. The second-order valence-corrected chi connectivity index (χ2v) is 7.09. The molecular weight excluding hydrogens is 330 g/mol. The van der Waals surface area contributed by atoms with E-state index in [-0.39, 0.29) is 5.82 Å². The molecule has 0 aliphatic carbocycles. The lowest BCUT2D eigenvalue weighted by Crippen LogP contribution is -2.09. The molecule has 1 unspecified atom stereocenters. The summed E-state index contributed by atoms with van der Waals surface area (Å²) in [6, 6.07) is 21.2. The minimum atomic E-state index is -0.148. The van der Waals surface area contributed by atoms with Crippen molar-refractivity contribution >= 4 is 14.5 Å². The van der Waals surface area contributed by atoms with Crippen molar-refractivity contribution in [2.24, 2.45) is 0 Å². The van der Waals surface area contributed by atoms with E-state index in [2.05, 4.69) is 29.2 Å². The Bertz CT molecular complexity index is 836. The summed E-state index contributed by atoms with van der Waals surface area (Å²) in [4.78, 5) is 0.